The zero-order valence-corrected chi connectivity index (χ0v) is 16.6. The third-order valence-corrected chi connectivity index (χ3v) is 4.09. The van der Waals surface area contributed by atoms with Gasteiger partial charge in [0, 0.05) is 10.7 Å². The smallest absolute Gasteiger partial charge is 0.337 e. The monoisotopic (exact) mass is 405 g/mol. The minimum atomic E-state index is -0.844. The van der Waals surface area contributed by atoms with Crippen LogP contribution in [0.15, 0.2) is 36.4 Å². The SMILES string of the molecule is COC(=O)c1cc(NC(=O)[C@H](C)Oc2ccc(Cl)cc2C)cc(C(=O)OC)c1. The number of hydrogen-bond donors (Lipinski definition) is 1. The van der Waals surface area contributed by atoms with E-state index in [0.717, 1.165) is 5.56 Å². The molecule has 1 atom stereocenters. The van der Waals surface area contributed by atoms with E-state index in [1.165, 1.54) is 32.4 Å². The summed E-state index contributed by atoms with van der Waals surface area (Å²) in [4.78, 5) is 36.2. The van der Waals surface area contributed by atoms with E-state index in [0.29, 0.717) is 10.8 Å². The van der Waals surface area contributed by atoms with Crippen molar-refractivity contribution in [2.24, 2.45) is 0 Å². The highest BCUT2D eigenvalue weighted by molar-refractivity contribution is 6.30. The summed E-state index contributed by atoms with van der Waals surface area (Å²) < 4.78 is 15.0. The van der Waals surface area contributed by atoms with Crippen molar-refractivity contribution in [1.82, 2.24) is 0 Å². The number of rotatable bonds is 6. The second-order valence-corrected chi connectivity index (χ2v) is 6.38. The highest BCUT2D eigenvalue weighted by atomic mass is 35.5. The molecule has 0 aliphatic carbocycles. The Morgan fingerprint density at radius 2 is 1.54 bits per heavy atom. The topological polar surface area (TPSA) is 90.9 Å². The molecular formula is C20H20ClNO6. The van der Waals surface area contributed by atoms with E-state index in [1.807, 2.05) is 6.92 Å². The van der Waals surface area contributed by atoms with Crippen molar-refractivity contribution in [1.29, 1.82) is 0 Å². The maximum absolute atomic E-state index is 12.5. The summed E-state index contributed by atoms with van der Waals surface area (Å²) in [6.45, 7) is 3.39. The van der Waals surface area contributed by atoms with Crippen LogP contribution in [0.3, 0.4) is 0 Å². The van der Waals surface area contributed by atoms with Gasteiger partial charge in [-0.1, -0.05) is 11.6 Å². The predicted octanol–water partition coefficient (Wildman–Crippen LogP) is 3.63. The Morgan fingerprint density at radius 3 is 2.04 bits per heavy atom. The second kappa shape index (κ2) is 9.23. The maximum atomic E-state index is 12.5. The summed E-state index contributed by atoms with van der Waals surface area (Å²) in [6.07, 6.45) is -0.844. The lowest BCUT2D eigenvalue weighted by Gasteiger charge is -2.17. The minimum Gasteiger partial charge on any atom is -0.481 e. The molecule has 0 aromatic heterocycles. The lowest BCUT2D eigenvalue weighted by molar-refractivity contribution is -0.122. The molecule has 0 fully saturated rings. The molecule has 2 rings (SSSR count). The molecule has 0 spiro atoms. The normalized spacial score (nSPS) is 11.3. The van der Waals surface area contributed by atoms with E-state index in [9.17, 15) is 14.4 Å². The molecule has 0 saturated heterocycles. The van der Waals surface area contributed by atoms with Crippen LogP contribution in [0.5, 0.6) is 5.75 Å². The Kier molecular flexibility index (Phi) is 7.00. The van der Waals surface area contributed by atoms with E-state index in [2.05, 4.69) is 14.8 Å². The number of methoxy groups -OCH3 is 2. The lowest BCUT2D eigenvalue weighted by Crippen LogP contribution is -2.30. The summed E-state index contributed by atoms with van der Waals surface area (Å²) in [5, 5.41) is 3.19. The largest absolute Gasteiger partial charge is 0.481 e. The summed E-state index contributed by atoms with van der Waals surface area (Å²) in [6, 6.07) is 9.19. The fourth-order valence-corrected chi connectivity index (χ4v) is 2.63. The molecule has 0 aliphatic heterocycles. The fourth-order valence-electron chi connectivity index (χ4n) is 2.40. The minimum absolute atomic E-state index is 0.0998. The average Bonchev–Trinajstić information content (AvgIpc) is 2.68. The Labute approximate surface area is 167 Å². The average molecular weight is 406 g/mol. The molecule has 0 heterocycles. The maximum Gasteiger partial charge on any atom is 0.337 e. The van der Waals surface area contributed by atoms with Gasteiger partial charge in [-0.25, -0.2) is 9.59 Å². The number of anilines is 1. The molecule has 1 amide bonds. The molecule has 0 saturated carbocycles. The van der Waals surface area contributed by atoms with E-state index >= 15 is 0 Å². The van der Waals surface area contributed by atoms with Crippen molar-refractivity contribution in [3.05, 3.63) is 58.1 Å². The van der Waals surface area contributed by atoms with Crippen LogP contribution in [0.2, 0.25) is 5.02 Å². The van der Waals surface area contributed by atoms with Crippen molar-refractivity contribution in [3.63, 3.8) is 0 Å². The van der Waals surface area contributed by atoms with Gasteiger partial charge in [0.15, 0.2) is 6.10 Å². The van der Waals surface area contributed by atoms with Crippen molar-refractivity contribution in [3.8, 4) is 5.75 Å². The van der Waals surface area contributed by atoms with Crippen LogP contribution in [0.25, 0.3) is 0 Å². The van der Waals surface area contributed by atoms with Gasteiger partial charge in [-0.15, -0.1) is 0 Å². The molecule has 148 valence electrons. The van der Waals surface area contributed by atoms with Crippen LogP contribution < -0.4 is 10.1 Å². The van der Waals surface area contributed by atoms with Gasteiger partial charge in [-0.05, 0) is 55.8 Å². The standard InChI is InChI=1S/C20H20ClNO6/c1-11-7-15(21)5-6-17(11)28-12(2)18(23)22-16-9-13(19(24)26-3)8-14(10-16)20(25)27-4/h5-10,12H,1-4H3,(H,22,23)/t12-/m0/s1. The molecule has 0 aliphatic rings. The van der Waals surface area contributed by atoms with Crippen molar-refractivity contribution in [2.45, 2.75) is 20.0 Å². The molecule has 1 N–H and O–H groups in total. The fraction of sp³-hybridized carbons (Fsp3) is 0.250. The number of ether oxygens (including phenoxy) is 3. The molecule has 0 radical (unpaired) electrons. The van der Waals surface area contributed by atoms with E-state index in [1.54, 1.807) is 25.1 Å². The molecule has 2 aromatic carbocycles. The second-order valence-electron chi connectivity index (χ2n) is 5.94. The molecule has 7 nitrogen and oxygen atoms in total. The van der Waals surface area contributed by atoms with Gasteiger partial charge in [0.05, 0.1) is 25.3 Å². The van der Waals surface area contributed by atoms with Crippen LogP contribution in [-0.4, -0.2) is 38.2 Å². The van der Waals surface area contributed by atoms with E-state index in [4.69, 9.17) is 16.3 Å². The quantitative estimate of drug-likeness (QED) is 0.738. The third kappa shape index (κ3) is 5.23. The molecular weight excluding hydrogens is 386 g/mol. The number of carbonyl (C=O) groups excluding carboxylic acids is 3. The number of hydrogen-bond acceptors (Lipinski definition) is 6. The number of carbonyl (C=O) groups is 3. The predicted molar refractivity (Wildman–Crippen MR) is 104 cm³/mol. The van der Waals surface area contributed by atoms with Crippen LogP contribution in [0.4, 0.5) is 5.69 Å². The van der Waals surface area contributed by atoms with Gasteiger partial charge >= 0.3 is 11.9 Å². The van der Waals surface area contributed by atoms with Crippen molar-refractivity contribution in [2.75, 3.05) is 19.5 Å². The zero-order chi connectivity index (χ0) is 20.8. The van der Waals surface area contributed by atoms with Gasteiger partial charge in [-0.3, -0.25) is 4.79 Å². The number of benzene rings is 2. The number of esters is 2. The molecule has 0 unspecified atom stereocenters. The Bertz CT molecular complexity index is 877. The number of halogens is 1. The van der Waals surface area contributed by atoms with Crippen molar-refractivity contribution >= 4 is 35.1 Å². The summed E-state index contributed by atoms with van der Waals surface area (Å²) in [5.41, 5.74) is 1.22. The highest BCUT2D eigenvalue weighted by Gasteiger charge is 2.19. The summed E-state index contributed by atoms with van der Waals surface area (Å²) in [7, 11) is 2.44. The summed E-state index contributed by atoms with van der Waals surface area (Å²) in [5.74, 6) is -1.25. The van der Waals surface area contributed by atoms with Gasteiger partial charge in [0.1, 0.15) is 5.75 Å². The van der Waals surface area contributed by atoms with Gasteiger partial charge in [0.2, 0.25) is 0 Å². The van der Waals surface area contributed by atoms with E-state index in [-0.39, 0.29) is 16.8 Å². The van der Waals surface area contributed by atoms with Crippen molar-refractivity contribution < 1.29 is 28.6 Å². The first-order valence-corrected chi connectivity index (χ1v) is 8.68. The highest BCUT2D eigenvalue weighted by Crippen LogP contribution is 2.23. The molecule has 8 heteroatoms. The Morgan fingerprint density at radius 1 is 0.964 bits per heavy atom. The first kappa shape index (κ1) is 21.2. The number of amides is 1. The van der Waals surface area contributed by atoms with Crippen LogP contribution in [0, 0.1) is 6.92 Å². The number of nitrogens with one attached hydrogen (secondary N) is 1. The molecule has 2 aromatic rings. The Balaban J connectivity index is 2.21. The van der Waals surface area contributed by atoms with Crippen LogP contribution >= 0.6 is 11.6 Å². The zero-order valence-electron chi connectivity index (χ0n) is 15.9. The third-order valence-electron chi connectivity index (χ3n) is 3.85. The summed E-state index contributed by atoms with van der Waals surface area (Å²) >= 11 is 5.92. The van der Waals surface area contributed by atoms with Gasteiger partial charge in [0.25, 0.3) is 5.91 Å². The lowest BCUT2D eigenvalue weighted by atomic mass is 10.1. The molecule has 0 bridgehead atoms. The van der Waals surface area contributed by atoms with E-state index < -0.39 is 23.9 Å². The van der Waals surface area contributed by atoms with Crippen LogP contribution in [0.1, 0.15) is 33.2 Å². The van der Waals surface area contributed by atoms with Gasteiger partial charge in [-0.2, -0.15) is 0 Å². The number of aryl methyl sites for hydroxylation is 1. The van der Waals surface area contributed by atoms with Crippen LogP contribution in [-0.2, 0) is 14.3 Å². The first-order valence-electron chi connectivity index (χ1n) is 8.30. The Hall–Kier alpha value is -3.06. The first-order chi connectivity index (χ1) is 13.2. The van der Waals surface area contributed by atoms with Gasteiger partial charge < -0.3 is 19.5 Å². The molecule has 28 heavy (non-hydrogen) atoms.